The van der Waals surface area contributed by atoms with Gasteiger partial charge in [-0.1, -0.05) is 87.0 Å². The van der Waals surface area contributed by atoms with Crippen LogP contribution >= 0.6 is 11.8 Å². The van der Waals surface area contributed by atoms with E-state index in [2.05, 4.69) is 92.6 Å². The molecule has 7 atom stereocenters. The number of hydrogen-bond acceptors (Lipinski definition) is 8. The van der Waals surface area contributed by atoms with Gasteiger partial charge in [0.05, 0.1) is 5.54 Å². The molecule has 0 aromatic rings. The molecule has 3 saturated carbocycles. The van der Waals surface area contributed by atoms with Gasteiger partial charge in [0.1, 0.15) is 18.1 Å². The lowest BCUT2D eigenvalue weighted by atomic mass is 9.73. The van der Waals surface area contributed by atoms with Gasteiger partial charge in [0.15, 0.2) is 0 Å². The van der Waals surface area contributed by atoms with Crippen LogP contribution in [-0.2, 0) is 14.4 Å². The fraction of sp³-hybridized carbons (Fsp3) is 0.816. The van der Waals surface area contributed by atoms with Gasteiger partial charge >= 0.3 is 0 Å². The molecule has 3 amide bonds. The number of likely N-dealkylation sites (tertiary alicyclic amines) is 2. The third-order valence-corrected chi connectivity index (χ3v) is 17.4. The maximum atomic E-state index is 15.4. The van der Waals surface area contributed by atoms with Gasteiger partial charge < -0.3 is 26.3 Å². The number of hydrazine groups is 1. The minimum Gasteiger partial charge on any atom is -0.376 e. The molecule has 10 nitrogen and oxygen atoms in total. The zero-order valence-corrected chi connectivity index (χ0v) is 40.0. The van der Waals surface area contributed by atoms with E-state index in [1.54, 1.807) is 0 Å². The predicted octanol–water partition coefficient (Wildman–Crippen LogP) is 7.78. The quantitative estimate of drug-likeness (QED) is 0.131. The second-order valence-electron chi connectivity index (χ2n) is 21.6. The molecule has 4 heterocycles. The summed E-state index contributed by atoms with van der Waals surface area (Å²) in [6.45, 7) is 36.1. The molecule has 7 rings (SSSR count). The Bertz CT molecular complexity index is 1610. The first kappa shape index (κ1) is 47.0. The number of nitrogens with one attached hydrogen (secondary N) is 4. The van der Waals surface area contributed by atoms with E-state index in [4.69, 9.17) is 0 Å². The monoisotopic (exact) mass is 850 g/mol. The minimum absolute atomic E-state index is 0.0193. The Balaban J connectivity index is 0.00000195. The van der Waals surface area contributed by atoms with Gasteiger partial charge in [-0.05, 0) is 118 Å². The number of carbonyl (C=O) groups is 3. The molecule has 338 valence electrons. The smallest absolute Gasteiger partial charge is 0.246 e. The van der Waals surface area contributed by atoms with Gasteiger partial charge in [-0.3, -0.25) is 19.3 Å². The number of thioether (sulfide) groups is 1. The van der Waals surface area contributed by atoms with Gasteiger partial charge in [0, 0.05) is 54.4 Å². The SMILES string of the molecule is C=C[C@@H]1C[C@]1(NC(=O)C1CC2(CN1C(=O)[C@@H](NC(=O)C(NC(=C)[C@@H]1CCCCN1C(C)C)C1CCSCC1)C(C)(C)C)C(C)(C)C21CCC1)C(=C)NN1CCCC1.CCC. The third kappa shape index (κ3) is 8.59. The van der Waals surface area contributed by atoms with Crippen LogP contribution in [0.4, 0.5) is 0 Å². The van der Waals surface area contributed by atoms with E-state index in [0.29, 0.717) is 19.0 Å². The summed E-state index contributed by atoms with van der Waals surface area (Å²) in [6, 6.07) is -1.38. The van der Waals surface area contributed by atoms with Crippen LogP contribution in [0.3, 0.4) is 0 Å². The number of fused-ring (bicyclic) bond motifs is 1. The van der Waals surface area contributed by atoms with Crippen molar-refractivity contribution in [1.29, 1.82) is 0 Å². The highest BCUT2D eigenvalue weighted by molar-refractivity contribution is 7.99. The first-order chi connectivity index (χ1) is 28.3. The number of nitrogens with zero attached hydrogens (tertiary/aromatic N) is 3. The van der Waals surface area contributed by atoms with Crippen LogP contribution in [-0.4, -0.2) is 106 Å². The number of amides is 3. The third-order valence-electron chi connectivity index (χ3n) is 16.4. The van der Waals surface area contributed by atoms with Crippen molar-refractivity contribution in [3.63, 3.8) is 0 Å². The van der Waals surface area contributed by atoms with Crippen molar-refractivity contribution in [1.82, 2.24) is 36.2 Å². The van der Waals surface area contributed by atoms with E-state index in [0.717, 1.165) is 100 Å². The number of rotatable bonds is 14. The van der Waals surface area contributed by atoms with Crippen LogP contribution in [0, 0.1) is 33.5 Å². The van der Waals surface area contributed by atoms with E-state index in [-0.39, 0.29) is 51.8 Å². The molecular weight excluding hydrogens is 767 g/mol. The summed E-state index contributed by atoms with van der Waals surface area (Å²) in [4.78, 5) is 49.5. The highest BCUT2D eigenvalue weighted by Crippen LogP contribution is 2.88. The summed E-state index contributed by atoms with van der Waals surface area (Å²) < 4.78 is 0. The molecule has 11 heteroatoms. The van der Waals surface area contributed by atoms with Gasteiger partial charge in [0.2, 0.25) is 17.7 Å². The summed E-state index contributed by atoms with van der Waals surface area (Å²) in [7, 11) is 0. The fourth-order valence-electron chi connectivity index (χ4n) is 12.4. The lowest BCUT2D eigenvalue weighted by molar-refractivity contribution is -0.144. The maximum absolute atomic E-state index is 15.4. The molecule has 60 heavy (non-hydrogen) atoms. The molecule has 7 aliphatic rings. The topological polar surface area (TPSA) is 109 Å². The van der Waals surface area contributed by atoms with Gasteiger partial charge in [0.25, 0.3) is 0 Å². The summed E-state index contributed by atoms with van der Waals surface area (Å²) in [6.07, 6.45) is 15.5. The summed E-state index contributed by atoms with van der Waals surface area (Å²) in [5.41, 5.74) is 4.02. The lowest BCUT2D eigenvalue weighted by Gasteiger charge is -2.42. The highest BCUT2D eigenvalue weighted by atomic mass is 32.2. The van der Waals surface area contributed by atoms with Crippen molar-refractivity contribution < 1.29 is 14.4 Å². The Morgan fingerprint density at radius 1 is 0.867 bits per heavy atom. The number of hydrogen-bond donors (Lipinski definition) is 4. The van der Waals surface area contributed by atoms with Crippen molar-refractivity contribution >= 4 is 29.5 Å². The Morgan fingerprint density at radius 2 is 1.50 bits per heavy atom. The molecule has 3 aliphatic carbocycles. The summed E-state index contributed by atoms with van der Waals surface area (Å²) in [5, 5.41) is 12.7. The molecule has 2 spiro atoms. The Hall–Kier alpha value is -2.50. The van der Waals surface area contributed by atoms with Gasteiger partial charge in [-0.25, -0.2) is 5.01 Å². The van der Waals surface area contributed by atoms with E-state index in [1.165, 1.54) is 19.3 Å². The van der Waals surface area contributed by atoms with Crippen LogP contribution in [0.25, 0.3) is 0 Å². The zero-order valence-electron chi connectivity index (χ0n) is 39.1. The van der Waals surface area contributed by atoms with Crippen LogP contribution in [0.15, 0.2) is 37.2 Å². The molecule has 0 aromatic carbocycles. The average molecular weight is 850 g/mol. The van der Waals surface area contributed by atoms with Crippen LogP contribution in [0.1, 0.15) is 146 Å². The standard InChI is InChI=1S/C46H75N7O3S.C3H8/c1-11-34-27-46(34,32(5)50-51-22-14-15-23-51)49-39(54)36-28-45(43(9,10)44(45)20-16-21-44)29-53(36)41(56)38(42(6,7)8)48-40(55)37(33-18-25-57-26-19-33)47-31(4)35-17-12-13-24-52(35)30(2)3;1-3-2/h11,30,33-38,47,50H,1,4-5,12-29H2,2-3,6-10H3,(H,48,55)(H,49,54);3H2,1-2H3/t34-,35+,36?,37?,38-,45?,46+;/m1./s1. The van der Waals surface area contributed by atoms with E-state index >= 15 is 4.79 Å². The minimum atomic E-state index is -0.811. The van der Waals surface area contributed by atoms with Crippen molar-refractivity contribution in [2.75, 3.05) is 37.7 Å². The molecule has 4 N–H and O–H groups in total. The fourth-order valence-corrected chi connectivity index (χ4v) is 13.5. The molecule has 7 fully saturated rings. The number of carbonyl (C=O) groups excluding carboxylic acids is 3. The second kappa shape index (κ2) is 18.3. The zero-order chi connectivity index (χ0) is 43.8. The summed E-state index contributed by atoms with van der Waals surface area (Å²) >= 11 is 1.95. The van der Waals surface area contributed by atoms with Crippen LogP contribution in [0.5, 0.6) is 0 Å². The molecule has 4 aliphatic heterocycles. The van der Waals surface area contributed by atoms with E-state index < -0.39 is 29.1 Å². The first-order valence-electron chi connectivity index (χ1n) is 23.9. The average Bonchev–Trinajstić information content (AvgIpc) is 3.68. The van der Waals surface area contributed by atoms with Gasteiger partial charge in [-0.2, -0.15) is 11.8 Å². The highest BCUT2D eigenvalue weighted by Gasteiger charge is 2.85. The van der Waals surface area contributed by atoms with Crippen molar-refractivity contribution in [3.8, 4) is 0 Å². The molecule has 3 unspecified atom stereocenters. The number of piperidine rings is 1. The largest absolute Gasteiger partial charge is 0.376 e. The predicted molar refractivity (Wildman–Crippen MR) is 248 cm³/mol. The summed E-state index contributed by atoms with van der Waals surface area (Å²) in [5.74, 6) is 1.83. The van der Waals surface area contributed by atoms with Crippen LogP contribution < -0.4 is 21.4 Å². The normalized spacial score (nSPS) is 32.0. The Morgan fingerprint density at radius 3 is 2.03 bits per heavy atom. The van der Waals surface area contributed by atoms with Crippen molar-refractivity contribution in [2.45, 2.75) is 182 Å². The van der Waals surface area contributed by atoms with E-state index in [1.807, 2.05) is 43.5 Å². The molecular formula is C49H83N7O3S. The Labute approximate surface area is 368 Å². The van der Waals surface area contributed by atoms with Crippen molar-refractivity contribution in [2.24, 2.45) is 33.5 Å². The molecule has 0 aromatic heterocycles. The second-order valence-corrected chi connectivity index (χ2v) is 22.8. The lowest BCUT2D eigenvalue weighted by Crippen LogP contribution is -2.62. The molecule has 0 bridgehead atoms. The first-order valence-corrected chi connectivity index (χ1v) is 25.1. The van der Waals surface area contributed by atoms with Crippen LogP contribution in [0.2, 0.25) is 0 Å². The Kier molecular flexibility index (Phi) is 14.3. The molecule has 4 saturated heterocycles. The maximum Gasteiger partial charge on any atom is 0.246 e. The van der Waals surface area contributed by atoms with Gasteiger partial charge in [-0.15, -0.1) is 6.58 Å². The van der Waals surface area contributed by atoms with E-state index in [9.17, 15) is 9.59 Å². The van der Waals surface area contributed by atoms with Crippen molar-refractivity contribution in [3.05, 3.63) is 37.2 Å². The molecule has 0 radical (unpaired) electrons.